The van der Waals surface area contributed by atoms with Crippen LogP contribution in [-0.4, -0.2) is 36.1 Å². The predicted octanol–water partition coefficient (Wildman–Crippen LogP) is 5.58. The Bertz CT molecular complexity index is 1260. The summed E-state index contributed by atoms with van der Waals surface area (Å²) in [5.74, 6) is 0.981. The number of sulfonamides is 1. The monoisotopic (exact) mass is 509 g/mol. The van der Waals surface area contributed by atoms with Crippen LogP contribution >= 0.6 is 0 Å². The normalized spacial score (nSPS) is 11.8. The molecule has 0 saturated carbocycles. The van der Waals surface area contributed by atoms with Crippen LogP contribution in [0.5, 0.6) is 23.0 Å². The molecule has 0 heterocycles. The predicted molar refractivity (Wildman–Crippen MR) is 125 cm³/mol. The molecule has 3 rings (SSSR count). The van der Waals surface area contributed by atoms with Gasteiger partial charge in [0.05, 0.1) is 26.2 Å². The Morgan fingerprint density at radius 2 is 1.31 bits per heavy atom. The zero-order chi connectivity index (χ0) is 25.6. The highest BCUT2D eigenvalue weighted by Crippen LogP contribution is 2.38. The molecular weight excluding hydrogens is 487 g/mol. The lowest BCUT2D eigenvalue weighted by atomic mass is 10.1. The van der Waals surface area contributed by atoms with E-state index in [1.165, 1.54) is 21.3 Å². The Balaban J connectivity index is 1.72. The third-order valence-corrected chi connectivity index (χ3v) is 6.08. The van der Waals surface area contributed by atoms with Crippen molar-refractivity contribution in [1.29, 1.82) is 0 Å². The Morgan fingerprint density at radius 1 is 0.771 bits per heavy atom. The zero-order valence-corrected chi connectivity index (χ0v) is 19.7. The summed E-state index contributed by atoms with van der Waals surface area (Å²) in [5, 5.41) is 0. The average Bonchev–Trinajstić information content (AvgIpc) is 2.82. The highest BCUT2D eigenvalue weighted by molar-refractivity contribution is 7.92. The van der Waals surface area contributed by atoms with E-state index in [9.17, 15) is 21.6 Å². The fraction of sp³-hybridized carbons (Fsp3) is 0.167. The summed E-state index contributed by atoms with van der Waals surface area (Å²) < 4.78 is 84.0. The summed E-state index contributed by atoms with van der Waals surface area (Å²) in [7, 11) is 0.555. The topological polar surface area (TPSA) is 83.1 Å². The van der Waals surface area contributed by atoms with Crippen LogP contribution in [0.15, 0.2) is 65.6 Å². The van der Waals surface area contributed by atoms with E-state index in [1.54, 1.807) is 36.4 Å². The van der Waals surface area contributed by atoms with Crippen molar-refractivity contribution in [2.45, 2.75) is 11.3 Å². The molecule has 0 bridgehead atoms. The van der Waals surface area contributed by atoms with Gasteiger partial charge in [-0.05, 0) is 59.7 Å². The fourth-order valence-corrected chi connectivity index (χ4v) is 4.15. The van der Waals surface area contributed by atoms with Crippen LogP contribution in [0.4, 0.5) is 18.9 Å². The highest BCUT2D eigenvalue weighted by atomic mass is 32.2. The molecule has 186 valence electrons. The Hall–Kier alpha value is -3.86. The molecule has 1 N–H and O–H groups in total. The summed E-state index contributed by atoms with van der Waals surface area (Å²) >= 11 is 0. The minimum absolute atomic E-state index is 0.210. The zero-order valence-electron chi connectivity index (χ0n) is 18.9. The SMILES string of the molecule is COc1cc(/C=C\c2ccc(NS(=O)(=O)c3ccc(OC(F)(F)F)cc3)cc2)cc(OC)c1OC. The number of halogens is 3. The maximum atomic E-state index is 12.5. The quantitative estimate of drug-likeness (QED) is 0.379. The van der Waals surface area contributed by atoms with Crippen molar-refractivity contribution in [3.63, 3.8) is 0 Å². The maximum Gasteiger partial charge on any atom is 0.573 e. The first kappa shape index (κ1) is 25.8. The summed E-state index contributed by atoms with van der Waals surface area (Å²) in [6.07, 6.45) is -1.22. The van der Waals surface area contributed by atoms with Crippen LogP contribution in [0.3, 0.4) is 0 Å². The average molecular weight is 510 g/mol. The van der Waals surface area contributed by atoms with E-state index >= 15 is 0 Å². The molecule has 0 unspecified atom stereocenters. The third-order valence-electron chi connectivity index (χ3n) is 4.69. The molecule has 11 heteroatoms. The second-order valence-electron chi connectivity index (χ2n) is 7.04. The molecule has 0 fully saturated rings. The number of ether oxygens (including phenoxy) is 4. The first-order chi connectivity index (χ1) is 16.5. The summed E-state index contributed by atoms with van der Waals surface area (Å²) in [4.78, 5) is -0.210. The Morgan fingerprint density at radius 3 is 1.80 bits per heavy atom. The van der Waals surface area contributed by atoms with Gasteiger partial charge in [-0.1, -0.05) is 24.3 Å². The molecule has 0 atom stereocenters. The maximum absolute atomic E-state index is 12.5. The molecule has 0 aliphatic carbocycles. The third kappa shape index (κ3) is 6.82. The smallest absolute Gasteiger partial charge is 0.493 e. The van der Waals surface area contributed by atoms with Gasteiger partial charge in [-0.2, -0.15) is 0 Å². The lowest BCUT2D eigenvalue weighted by molar-refractivity contribution is -0.274. The summed E-state index contributed by atoms with van der Waals surface area (Å²) in [6, 6.07) is 14.0. The van der Waals surface area contributed by atoms with Gasteiger partial charge in [0.15, 0.2) is 11.5 Å². The number of benzene rings is 3. The van der Waals surface area contributed by atoms with Crippen LogP contribution in [0, 0.1) is 0 Å². The first-order valence-corrected chi connectivity index (χ1v) is 11.5. The Kier molecular flexibility index (Phi) is 7.80. The summed E-state index contributed by atoms with van der Waals surface area (Å²) in [5.41, 5.74) is 1.86. The van der Waals surface area contributed by atoms with Gasteiger partial charge in [-0.15, -0.1) is 13.2 Å². The largest absolute Gasteiger partial charge is 0.573 e. The van der Waals surface area contributed by atoms with E-state index < -0.39 is 22.1 Å². The molecule has 0 aliphatic rings. The van der Waals surface area contributed by atoms with E-state index in [1.807, 2.05) is 12.2 Å². The number of methoxy groups -OCH3 is 3. The van der Waals surface area contributed by atoms with Crippen molar-refractivity contribution >= 4 is 27.9 Å². The number of nitrogens with one attached hydrogen (secondary N) is 1. The van der Waals surface area contributed by atoms with E-state index in [2.05, 4.69) is 9.46 Å². The minimum Gasteiger partial charge on any atom is -0.493 e. The van der Waals surface area contributed by atoms with Gasteiger partial charge in [0.25, 0.3) is 10.0 Å². The summed E-state index contributed by atoms with van der Waals surface area (Å²) in [6.45, 7) is 0. The number of hydrogen-bond acceptors (Lipinski definition) is 6. The van der Waals surface area contributed by atoms with Gasteiger partial charge in [-0.3, -0.25) is 4.72 Å². The molecule has 3 aromatic rings. The molecule has 0 aromatic heterocycles. The molecule has 7 nitrogen and oxygen atoms in total. The molecule has 0 radical (unpaired) electrons. The molecule has 3 aromatic carbocycles. The van der Waals surface area contributed by atoms with Gasteiger partial charge in [0, 0.05) is 5.69 Å². The van der Waals surface area contributed by atoms with Crippen LogP contribution in [0.1, 0.15) is 11.1 Å². The number of anilines is 1. The van der Waals surface area contributed by atoms with Crippen LogP contribution in [0.2, 0.25) is 0 Å². The van der Waals surface area contributed by atoms with Crippen molar-refractivity contribution in [3.8, 4) is 23.0 Å². The van der Waals surface area contributed by atoms with Gasteiger partial charge in [0.1, 0.15) is 5.75 Å². The van der Waals surface area contributed by atoms with Crippen molar-refractivity contribution in [3.05, 3.63) is 71.8 Å². The molecule has 35 heavy (non-hydrogen) atoms. The molecular formula is C24H22F3NO6S. The molecule has 0 amide bonds. The van der Waals surface area contributed by atoms with Crippen molar-refractivity contribution < 1.29 is 40.5 Å². The first-order valence-electron chi connectivity index (χ1n) is 10.0. The van der Waals surface area contributed by atoms with Crippen molar-refractivity contribution in [2.75, 3.05) is 26.1 Å². The number of rotatable bonds is 9. The van der Waals surface area contributed by atoms with E-state index in [-0.39, 0.29) is 10.6 Å². The molecule has 0 aliphatic heterocycles. The number of alkyl halides is 3. The second-order valence-corrected chi connectivity index (χ2v) is 8.72. The van der Waals surface area contributed by atoms with Gasteiger partial charge >= 0.3 is 6.36 Å². The lowest BCUT2D eigenvalue weighted by Gasteiger charge is -2.12. The molecule has 0 spiro atoms. The van der Waals surface area contributed by atoms with Gasteiger partial charge < -0.3 is 18.9 Å². The van der Waals surface area contributed by atoms with Crippen molar-refractivity contribution in [1.82, 2.24) is 0 Å². The minimum atomic E-state index is -4.86. The fourth-order valence-electron chi connectivity index (χ4n) is 3.09. The van der Waals surface area contributed by atoms with Crippen LogP contribution < -0.4 is 23.7 Å². The molecule has 0 saturated heterocycles. The lowest BCUT2D eigenvalue weighted by Crippen LogP contribution is -2.17. The van der Waals surface area contributed by atoms with Gasteiger partial charge in [-0.25, -0.2) is 8.42 Å². The Labute approximate surface area is 200 Å². The number of hydrogen-bond donors (Lipinski definition) is 1. The van der Waals surface area contributed by atoms with E-state index in [4.69, 9.17) is 14.2 Å². The van der Waals surface area contributed by atoms with Crippen molar-refractivity contribution in [2.24, 2.45) is 0 Å². The second kappa shape index (κ2) is 10.6. The van der Waals surface area contributed by atoms with E-state index in [0.717, 1.165) is 35.4 Å². The van der Waals surface area contributed by atoms with E-state index in [0.29, 0.717) is 17.2 Å². The van der Waals surface area contributed by atoms with Gasteiger partial charge in [0.2, 0.25) is 5.75 Å². The van der Waals surface area contributed by atoms with Crippen LogP contribution in [0.25, 0.3) is 12.2 Å². The standard InChI is InChI=1S/C24H22F3NO6S/c1-31-21-14-17(15-22(32-2)23(21)33-3)5-4-16-6-8-18(9-7-16)28-35(29,30)20-12-10-19(11-13-20)34-24(25,26)27/h4-15,28H,1-3H3/b5-4-. The highest BCUT2D eigenvalue weighted by Gasteiger charge is 2.31. The van der Waals surface area contributed by atoms with Crippen LogP contribution in [-0.2, 0) is 10.0 Å².